The predicted octanol–water partition coefficient (Wildman–Crippen LogP) is 2.90. The van der Waals surface area contributed by atoms with E-state index in [4.69, 9.17) is 0 Å². The second-order valence-electron chi connectivity index (χ2n) is 1.82. The molecule has 1 aromatic carbocycles. The molecule has 0 amide bonds. The molecule has 0 N–H and O–H groups in total. The maximum Gasteiger partial charge on any atom is 0.0136 e. The zero-order valence-electron chi connectivity index (χ0n) is 5.17. The van der Waals surface area contributed by atoms with Gasteiger partial charge in [-0.25, -0.2) is 0 Å². The first-order valence-corrected chi connectivity index (χ1v) is 4.28. The van der Waals surface area contributed by atoms with Crippen LogP contribution in [0.3, 0.4) is 0 Å². The first kappa shape index (κ1) is 7.92. The normalized spacial score (nSPS) is 8.50. The Hall–Kier alpha value is -0.180. The fraction of sp³-hybridized carbons (Fsp3) is 0. The zero-order valence-corrected chi connectivity index (χ0v) is 8.15. The van der Waals surface area contributed by atoms with Gasteiger partial charge in [0.25, 0.3) is 0 Å². The summed E-state index contributed by atoms with van der Waals surface area (Å²) in [7, 11) is 0. The summed E-state index contributed by atoms with van der Waals surface area (Å²) < 4.78 is 1.22. The molecule has 0 unspecified atom stereocenters. The van der Waals surface area contributed by atoms with Crippen molar-refractivity contribution < 1.29 is 0 Å². The second kappa shape index (κ2) is 3.86. The third-order valence-corrected chi connectivity index (χ3v) is 1.86. The van der Waals surface area contributed by atoms with E-state index in [-0.39, 0.29) is 0 Å². The van der Waals surface area contributed by atoms with Crippen molar-refractivity contribution in [1.82, 2.24) is 0 Å². The van der Waals surface area contributed by atoms with Crippen LogP contribution in [0.1, 0.15) is 5.56 Å². The molecule has 0 saturated heterocycles. The number of hydrogen-bond acceptors (Lipinski definition) is 1. The largest absolute Gasteiger partial charge is 0.0606 e. The number of benzene rings is 1. The van der Waals surface area contributed by atoms with Crippen molar-refractivity contribution in [3.05, 3.63) is 33.4 Å². The summed E-state index contributed by atoms with van der Waals surface area (Å²) >= 11 is 6.83. The molecule has 0 radical (unpaired) electrons. The summed E-state index contributed by atoms with van der Waals surface area (Å²) in [6.07, 6.45) is 1.79. The summed E-state index contributed by atoms with van der Waals surface area (Å²) in [5.74, 6) is 0. The van der Waals surface area contributed by atoms with E-state index >= 15 is 0 Å². The van der Waals surface area contributed by atoms with E-state index in [0.717, 1.165) is 5.56 Å². The molecule has 10 heavy (non-hydrogen) atoms. The summed E-state index contributed by atoms with van der Waals surface area (Å²) in [4.78, 5) is 0. The van der Waals surface area contributed by atoms with Gasteiger partial charge >= 0.3 is 0 Å². The van der Waals surface area contributed by atoms with Gasteiger partial charge in [-0.1, -0.05) is 12.1 Å². The highest BCUT2D eigenvalue weighted by atomic mass is 127. The molecule has 0 fully saturated rings. The lowest BCUT2D eigenvalue weighted by atomic mass is 10.2. The first-order valence-electron chi connectivity index (χ1n) is 2.79. The summed E-state index contributed by atoms with van der Waals surface area (Å²) in [5, 5.41) is 2.57. The average molecular weight is 260 g/mol. The molecule has 1 rings (SSSR count). The fourth-order valence-electron chi connectivity index (χ4n) is 0.664. The van der Waals surface area contributed by atoms with E-state index in [2.05, 4.69) is 45.9 Å². The number of hydrogen-bond donors (Lipinski definition) is 0. The number of rotatable bonds is 1. The molecule has 0 aliphatic carbocycles. The van der Waals surface area contributed by atoms with Crippen molar-refractivity contribution in [2.24, 2.45) is 0 Å². The van der Waals surface area contributed by atoms with E-state index in [1.54, 1.807) is 6.08 Å². The van der Waals surface area contributed by atoms with Crippen LogP contribution >= 0.6 is 34.8 Å². The van der Waals surface area contributed by atoms with Crippen LogP contribution in [0.25, 0.3) is 6.08 Å². The van der Waals surface area contributed by atoms with Gasteiger partial charge in [0.1, 0.15) is 0 Å². The SMILES string of the molecule is S=C=Cc1cccc(I)c1. The Labute approximate surface area is 79.1 Å². The molecular formula is C8H5IS. The van der Waals surface area contributed by atoms with Gasteiger partial charge in [-0.15, -0.1) is 0 Å². The Morgan fingerprint density at radius 2 is 2.30 bits per heavy atom. The third kappa shape index (κ3) is 2.21. The van der Waals surface area contributed by atoms with Crippen molar-refractivity contribution in [2.75, 3.05) is 0 Å². The van der Waals surface area contributed by atoms with Crippen molar-refractivity contribution in [3.8, 4) is 0 Å². The molecular weight excluding hydrogens is 255 g/mol. The highest BCUT2D eigenvalue weighted by Gasteiger charge is 1.85. The minimum absolute atomic E-state index is 1.11. The fourth-order valence-corrected chi connectivity index (χ4v) is 1.37. The average Bonchev–Trinajstić information content (AvgIpc) is 1.88. The molecule has 0 saturated carbocycles. The number of halogens is 1. The van der Waals surface area contributed by atoms with Gasteiger partial charge in [-0.05, 0) is 63.6 Å². The predicted molar refractivity (Wildman–Crippen MR) is 56.2 cm³/mol. The summed E-state index contributed by atoms with van der Waals surface area (Å²) in [6, 6.07) is 8.10. The lowest BCUT2D eigenvalue weighted by Gasteiger charge is -1.90. The van der Waals surface area contributed by atoms with E-state index in [0.29, 0.717) is 0 Å². The van der Waals surface area contributed by atoms with Gasteiger partial charge in [0, 0.05) is 3.57 Å². The molecule has 0 spiro atoms. The third-order valence-electron chi connectivity index (χ3n) is 1.07. The Morgan fingerprint density at radius 1 is 1.50 bits per heavy atom. The van der Waals surface area contributed by atoms with Crippen LogP contribution in [-0.4, -0.2) is 5.02 Å². The number of thiocarbonyl (C=S) groups is 1. The Balaban J connectivity index is 3.06. The van der Waals surface area contributed by atoms with Crippen LogP contribution in [-0.2, 0) is 0 Å². The van der Waals surface area contributed by atoms with Crippen LogP contribution in [0, 0.1) is 3.57 Å². The van der Waals surface area contributed by atoms with Gasteiger partial charge in [-0.2, -0.15) is 0 Å². The van der Waals surface area contributed by atoms with Gasteiger partial charge in [0.15, 0.2) is 0 Å². The highest BCUT2D eigenvalue weighted by Crippen LogP contribution is 2.07. The monoisotopic (exact) mass is 260 g/mol. The second-order valence-corrected chi connectivity index (χ2v) is 3.30. The van der Waals surface area contributed by atoms with Gasteiger partial charge in [0.05, 0.1) is 0 Å². The van der Waals surface area contributed by atoms with Crippen LogP contribution < -0.4 is 0 Å². The molecule has 2 heteroatoms. The van der Waals surface area contributed by atoms with Crippen LogP contribution in [0.15, 0.2) is 24.3 Å². The Kier molecular flexibility index (Phi) is 3.06. The lowest BCUT2D eigenvalue weighted by Crippen LogP contribution is -1.72. The van der Waals surface area contributed by atoms with Crippen LogP contribution in [0.4, 0.5) is 0 Å². The van der Waals surface area contributed by atoms with Crippen molar-refractivity contribution in [2.45, 2.75) is 0 Å². The molecule has 0 aromatic heterocycles. The van der Waals surface area contributed by atoms with Crippen LogP contribution in [0.2, 0.25) is 0 Å². The zero-order chi connectivity index (χ0) is 7.40. The first-order chi connectivity index (χ1) is 4.83. The molecule has 0 bridgehead atoms. The van der Waals surface area contributed by atoms with Crippen molar-refractivity contribution >= 4 is 45.9 Å². The van der Waals surface area contributed by atoms with Gasteiger partial charge in [0.2, 0.25) is 0 Å². The Morgan fingerprint density at radius 3 is 2.90 bits per heavy atom. The molecule has 0 atom stereocenters. The Bertz CT molecular complexity index is 274. The van der Waals surface area contributed by atoms with Crippen LogP contribution in [0.5, 0.6) is 0 Å². The maximum atomic E-state index is 4.57. The molecule has 50 valence electrons. The highest BCUT2D eigenvalue weighted by molar-refractivity contribution is 14.1. The summed E-state index contributed by atoms with van der Waals surface area (Å²) in [6.45, 7) is 0. The van der Waals surface area contributed by atoms with E-state index < -0.39 is 0 Å². The minimum Gasteiger partial charge on any atom is -0.0606 e. The standard InChI is InChI=1S/C8H5IS/c9-8-3-1-2-7(6-8)4-5-10/h1-4,6H. The summed E-state index contributed by atoms with van der Waals surface area (Å²) in [5.41, 5.74) is 1.11. The molecule has 0 aliphatic rings. The lowest BCUT2D eigenvalue weighted by molar-refractivity contribution is 1.61. The maximum absolute atomic E-state index is 4.57. The molecule has 0 aliphatic heterocycles. The smallest absolute Gasteiger partial charge is 0.0136 e. The van der Waals surface area contributed by atoms with Crippen molar-refractivity contribution in [3.63, 3.8) is 0 Å². The van der Waals surface area contributed by atoms with Crippen molar-refractivity contribution in [1.29, 1.82) is 0 Å². The molecule has 1 aromatic rings. The topological polar surface area (TPSA) is 0 Å². The van der Waals surface area contributed by atoms with E-state index in [1.165, 1.54) is 3.57 Å². The van der Waals surface area contributed by atoms with E-state index in [9.17, 15) is 0 Å². The minimum atomic E-state index is 1.11. The van der Waals surface area contributed by atoms with E-state index in [1.807, 2.05) is 18.2 Å². The van der Waals surface area contributed by atoms with Gasteiger partial charge < -0.3 is 0 Å². The van der Waals surface area contributed by atoms with Gasteiger partial charge in [-0.3, -0.25) is 0 Å². The molecule has 0 heterocycles. The molecule has 0 nitrogen and oxygen atoms in total. The quantitative estimate of drug-likeness (QED) is 0.552.